The number of aliphatic carboxylic acids is 1. The van der Waals surface area contributed by atoms with Crippen LogP contribution >= 0.6 is 0 Å². The maximum absolute atomic E-state index is 12.5. The summed E-state index contributed by atoms with van der Waals surface area (Å²) in [4.78, 5) is 37.1. The van der Waals surface area contributed by atoms with E-state index in [1.807, 2.05) is 43.3 Å². The molecule has 1 aliphatic rings. The van der Waals surface area contributed by atoms with Gasteiger partial charge in [0.05, 0.1) is 12.5 Å². The van der Waals surface area contributed by atoms with Gasteiger partial charge in [-0.3, -0.25) is 9.59 Å². The average molecular weight is 455 g/mol. The number of hydrogen-bond acceptors (Lipinski definition) is 5. The van der Waals surface area contributed by atoms with E-state index in [0.29, 0.717) is 13.0 Å². The number of carboxylic acid groups (broad SMARTS) is 1. The molecule has 0 radical (unpaired) electrons. The second-order valence-corrected chi connectivity index (χ2v) is 7.98. The van der Waals surface area contributed by atoms with Gasteiger partial charge in [0, 0.05) is 26.1 Å². The predicted molar refractivity (Wildman–Crippen MR) is 123 cm³/mol. The summed E-state index contributed by atoms with van der Waals surface area (Å²) >= 11 is 0. The van der Waals surface area contributed by atoms with Crippen LogP contribution < -0.4 is 5.32 Å². The molecule has 8 nitrogen and oxygen atoms in total. The zero-order valence-corrected chi connectivity index (χ0v) is 19.0. The highest BCUT2D eigenvalue weighted by Crippen LogP contribution is 2.44. The topological polar surface area (TPSA) is 105 Å². The van der Waals surface area contributed by atoms with Gasteiger partial charge in [-0.05, 0) is 28.7 Å². The van der Waals surface area contributed by atoms with Gasteiger partial charge in [0.1, 0.15) is 13.2 Å². The summed E-state index contributed by atoms with van der Waals surface area (Å²) in [6.07, 6.45) is -0.573. The van der Waals surface area contributed by atoms with Crippen LogP contribution in [-0.2, 0) is 19.1 Å². The molecule has 3 rings (SSSR count). The molecule has 0 heterocycles. The molecule has 1 unspecified atom stereocenters. The zero-order chi connectivity index (χ0) is 23.8. The van der Waals surface area contributed by atoms with E-state index in [2.05, 4.69) is 17.4 Å². The molecule has 2 aromatic rings. The Morgan fingerprint density at radius 3 is 2.21 bits per heavy atom. The number of rotatable bonds is 11. The first kappa shape index (κ1) is 24.3. The van der Waals surface area contributed by atoms with E-state index in [9.17, 15) is 14.4 Å². The van der Waals surface area contributed by atoms with E-state index in [0.717, 1.165) is 22.3 Å². The number of methoxy groups -OCH3 is 1. The summed E-state index contributed by atoms with van der Waals surface area (Å²) in [5.74, 6) is -1.44. The van der Waals surface area contributed by atoms with Crippen molar-refractivity contribution in [3.05, 3.63) is 59.7 Å². The number of nitrogens with one attached hydrogen (secondary N) is 1. The second kappa shape index (κ2) is 11.5. The van der Waals surface area contributed by atoms with Crippen molar-refractivity contribution in [2.75, 3.05) is 33.4 Å². The summed E-state index contributed by atoms with van der Waals surface area (Å²) in [6, 6.07) is 16.2. The van der Waals surface area contributed by atoms with Crippen molar-refractivity contribution in [3.8, 4) is 11.1 Å². The molecule has 2 N–H and O–H groups in total. The smallest absolute Gasteiger partial charge is 0.407 e. The van der Waals surface area contributed by atoms with Crippen LogP contribution in [0.15, 0.2) is 48.5 Å². The molecule has 0 aliphatic heterocycles. The fourth-order valence-electron chi connectivity index (χ4n) is 4.13. The number of ether oxygens (including phenoxy) is 2. The number of fused-ring (bicyclic) bond motifs is 3. The van der Waals surface area contributed by atoms with Crippen LogP contribution in [0.5, 0.6) is 0 Å². The van der Waals surface area contributed by atoms with Crippen LogP contribution in [0.3, 0.4) is 0 Å². The predicted octanol–water partition coefficient (Wildman–Crippen LogP) is 3.25. The van der Waals surface area contributed by atoms with Gasteiger partial charge in [-0.2, -0.15) is 0 Å². The molecule has 0 bridgehead atoms. The van der Waals surface area contributed by atoms with E-state index in [4.69, 9.17) is 14.6 Å². The fraction of sp³-hybridized carbons (Fsp3) is 0.400. The first-order chi connectivity index (χ1) is 15.9. The molecular formula is C25H30N2O6. The molecule has 2 aromatic carbocycles. The Kier molecular flexibility index (Phi) is 8.43. The summed E-state index contributed by atoms with van der Waals surface area (Å²) in [6.45, 7) is 2.13. The molecule has 2 amide bonds. The number of benzene rings is 2. The summed E-state index contributed by atoms with van der Waals surface area (Å²) in [7, 11) is 1.44. The first-order valence-corrected chi connectivity index (χ1v) is 11.1. The van der Waals surface area contributed by atoms with E-state index in [1.54, 1.807) is 0 Å². The van der Waals surface area contributed by atoms with Crippen LogP contribution in [0.1, 0.15) is 36.8 Å². The van der Waals surface area contributed by atoms with Gasteiger partial charge in [-0.15, -0.1) is 0 Å². The molecule has 176 valence electrons. The molecule has 8 heteroatoms. The number of alkyl carbamates (subject to hydrolysis) is 1. The van der Waals surface area contributed by atoms with E-state index in [-0.39, 0.29) is 37.9 Å². The quantitative estimate of drug-likeness (QED) is 0.540. The molecule has 1 atom stereocenters. The van der Waals surface area contributed by atoms with Gasteiger partial charge in [0.15, 0.2) is 0 Å². The minimum Gasteiger partial charge on any atom is -0.480 e. The standard InChI is InChI=1S/C25H30N2O6/c1-3-12-27(15-24(29)30)23(28)13-17(32-2)14-26-25(31)33-16-22-20-10-6-4-8-18(20)19-9-5-7-11-21(19)22/h4-11,17,22H,3,12-16H2,1-2H3,(H,26,31)(H,29,30). The lowest BCUT2D eigenvalue weighted by atomic mass is 9.98. The number of carboxylic acids is 1. The van der Waals surface area contributed by atoms with Crippen LogP contribution in [0.4, 0.5) is 4.79 Å². The second-order valence-electron chi connectivity index (χ2n) is 7.98. The highest BCUT2D eigenvalue weighted by molar-refractivity contribution is 5.82. The minimum absolute atomic E-state index is 0.0343. The molecule has 0 aromatic heterocycles. The van der Waals surface area contributed by atoms with Gasteiger partial charge < -0.3 is 24.8 Å². The van der Waals surface area contributed by atoms with E-state index >= 15 is 0 Å². The third-order valence-corrected chi connectivity index (χ3v) is 5.73. The van der Waals surface area contributed by atoms with Crippen molar-refractivity contribution in [1.82, 2.24) is 10.2 Å². The third kappa shape index (κ3) is 6.10. The van der Waals surface area contributed by atoms with Gasteiger partial charge in [0.25, 0.3) is 0 Å². The number of nitrogens with zero attached hydrogens (tertiary/aromatic N) is 1. The van der Waals surface area contributed by atoms with Crippen molar-refractivity contribution in [1.29, 1.82) is 0 Å². The van der Waals surface area contributed by atoms with E-state index in [1.165, 1.54) is 12.0 Å². The van der Waals surface area contributed by atoms with Gasteiger partial charge in [-0.1, -0.05) is 55.5 Å². The summed E-state index contributed by atoms with van der Waals surface area (Å²) in [5, 5.41) is 11.6. The van der Waals surface area contributed by atoms with Crippen molar-refractivity contribution in [2.45, 2.75) is 31.8 Å². The van der Waals surface area contributed by atoms with Crippen molar-refractivity contribution < 1.29 is 29.0 Å². The SMILES string of the molecule is CCCN(CC(=O)O)C(=O)CC(CNC(=O)OCC1c2ccccc2-c2ccccc21)OC. The number of hydrogen-bond donors (Lipinski definition) is 2. The maximum Gasteiger partial charge on any atom is 0.407 e. The molecular weight excluding hydrogens is 424 g/mol. The Hall–Kier alpha value is -3.39. The Morgan fingerprint density at radius 2 is 1.67 bits per heavy atom. The van der Waals surface area contributed by atoms with Crippen LogP contribution in [0.2, 0.25) is 0 Å². The average Bonchev–Trinajstić information content (AvgIpc) is 3.13. The molecule has 0 fully saturated rings. The first-order valence-electron chi connectivity index (χ1n) is 11.1. The normalized spacial score (nSPS) is 13.0. The van der Waals surface area contributed by atoms with Crippen molar-refractivity contribution in [3.63, 3.8) is 0 Å². The highest BCUT2D eigenvalue weighted by atomic mass is 16.5. The summed E-state index contributed by atoms with van der Waals surface area (Å²) in [5.41, 5.74) is 4.55. The van der Waals surface area contributed by atoms with Crippen LogP contribution in [0.25, 0.3) is 11.1 Å². The molecule has 0 spiro atoms. The monoisotopic (exact) mass is 454 g/mol. The number of carbonyl (C=O) groups is 3. The fourth-order valence-corrected chi connectivity index (χ4v) is 4.13. The Bertz CT molecular complexity index is 947. The van der Waals surface area contributed by atoms with Crippen molar-refractivity contribution in [2.24, 2.45) is 0 Å². The Labute approximate surface area is 193 Å². The lowest BCUT2D eigenvalue weighted by Gasteiger charge is -2.23. The Morgan fingerprint density at radius 1 is 1.06 bits per heavy atom. The molecule has 1 aliphatic carbocycles. The van der Waals surface area contributed by atoms with E-state index < -0.39 is 18.2 Å². The lowest BCUT2D eigenvalue weighted by Crippen LogP contribution is -2.41. The molecule has 0 saturated heterocycles. The Balaban J connectivity index is 1.53. The number of carbonyl (C=O) groups excluding carboxylic acids is 2. The van der Waals surface area contributed by atoms with Gasteiger partial charge >= 0.3 is 12.1 Å². The number of amides is 2. The van der Waals surface area contributed by atoms with Gasteiger partial charge in [0.2, 0.25) is 5.91 Å². The lowest BCUT2D eigenvalue weighted by molar-refractivity contribution is -0.145. The molecule has 0 saturated carbocycles. The minimum atomic E-state index is -1.07. The maximum atomic E-state index is 12.5. The van der Waals surface area contributed by atoms with Crippen molar-refractivity contribution >= 4 is 18.0 Å². The largest absolute Gasteiger partial charge is 0.480 e. The highest BCUT2D eigenvalue weighted by Gasteiger charge is 2.29. The third-order valence-electron chi connectivity index (χ3n) is 5.73. The van der Waals surface area contributed by atoms with Crippen LogP contribution in [0, 0.1) is 0 Å². The molecule has 33 heavy (non-hydrogen) atoms. The van der Waals surface area contributed by atoms with Gasteiger partial charge in [-0.25, -0.2) is 4.79 Å². The van der Waals surface area contributed by atoms with Crippen LogP contribution in [-0.4, -0.2) is 67.4 Å². The zero-order valence-electron chi connectivity index (χ0n) is 19.0. The summed E-state index contributed by atoms with van der Waals surface area (Å²) < 4.78 is 10.8.